The molecule has 0 fully saturated rings. The fraction of sp³-hybridized carbons (Fsp3) is 0.538. The second-order valence-corrected chi connectivity index (χ2v) is 4.44. The highest BCUT2D eigenvalue weighted by Crippen LogP contribution is 2.29. The molecule has 1 rings (SSSR count). The first-order valence-corrected chi connectivity index (χ1v) is 6.48. The van der Waals surface area contributed by atoms with Gasteiger partial charge in [0, 0.05) is 6.54 Å². The van der Waals surface area contributed by atoms with E-state index in [0.717, 1.165) is 37.8 Å². The van der Waals surface area contributed by atoms with Gasteiger partial charge >= 0.3 is 6.18 Å². The Morgan fingerprint density at radius 1 is 1.30 bits per heavy atom. The molecule has 1 amide bonds. The van der Waals surface area contributed by atoms with Crippen molar-refractivity contribution in [3.8, 4) is 0 Å². The van der Waals surface area contributed by atoms with Crippen molar-refractivity contribution < 1.29 is 18.0 Å². The van der Waals surface area contributed by atoms with Crippen LogP contribution in [0.25, 0.3) is 0 Å². The zero-order chi connectivity index (χ0) is 15.2. The lowest BCUT2D eigenvalue weighted by Crippen LogP contribution is -2.18. The zero-order valence-corrected chi connectivity index (χ0v) is 11.3. The maximum atomic E-state index is 12.6. The third-order valence-electron chi connectivity index (χ3n) is 2.77. The van der Waals surface area contributed by atoms with Crippen molar-refractivity contribution >= 4 is 11.7 Å². The fourth-order valence-corrected chi connectivity index (χ4v) is 1.71. The first-order chi connectivity index (χ1) is 9.36. The molecule has 0 aromatic carbocycles. The fourth-order valence-electron chi connectivity index (χ4n) is 1.71. The third-order valence-corrected chi connectivity index (χ3v) is 2.77. The maximum Gasteiger partial charge on any atom is 0.433 e. The summed E-state index contributed by atoms with van der Waals surface area (Å²) in [6, 6.07) is 1.80. The van der Waals surface area contributed by atoms with Crippen LogP contribution in [-0.4, -0.2) is 17.4 Å². The molecular weight excluding hydrogens is 271 g/mol. The van der Waals surface area contributed by atoms with Crippen molar-refractivity contribution in [2.24, 2.45) is 5.73 Å². The number of nitrogens with zero attached hydrogens (tertiary/aromatic N) is 1. The molecule has 4 nitrogen and oxygen atoms in total. The van der Waals surface area contributed by atoms with Crippen LogP contribution < -0.4 is 11.1 Å². The van der Waals surface area contributed by atoms with Crippen molar-refractivity contribution in [3.63, 3.8) is 0 Å². The number of unbranched alkanes of at least 4 members (excludes halogenated alkanes) is 3. The van der Waals surface area contributed by atoms with E-state index >= 15 is 0 Å². The minimum atomic E-state index is -4.55. The molecule has 0 saturated heterocycles. The molecule has 0 aliphatic rings. The van der Waals surface area contributed by atoms with Crippen molar-refractivity contribution in [2.75, 3.05) is 11.9 Å². The van der Waals surface area contributed by atoms with Gasteiger partial charge in [0.2, 0.25) is 0 Å². The summed E-state index contributed by atoms with van der Waals surface area (Å²) in [6.07, 6.45) is -0.665. The molecule has 3 N–H and O–H groups in total. The lowest BCUT2D eigenvalue weighted by molar-refractivity contribution is -0.141. The Bertz CT molecular complexity index is 461. The van der Waals surface area contributed by atoms with Crippen LogP contribution in [0.4, 0.5) is 19.0 Å². The van der Waals surface area contributed by atoms with E-state index in [-0.39, 0.29) is 11.4 Å². The molecule has 112 valence electrons. The van der Waals surface area contributed by atoms with Gasteiger partial charge in [-0.1, -0.05) is 26.2 Å². The molecule has 0 atom stereocenters. The molecule has 0 spiro atoms. The predicted molar refractivity (Wildman–Crippen MR) is 70.4 cm³/mol. The number of primary amides is 1. The number of hydrogen-bond donors (Lipinski definition) is 2. The molecule has 0 radical (unpaired) electrons. The maximum absolute atomic E-state index is 12.6. The van der Waals surface area contributed by atoms with Crippen LogP contribution in [-0.2, 0) is 6.18 Å². The number of halogens is 3. The number of anilines is 1. The molecular formula is C13H18F3N3O. The smallest absolute Gasteiger partial charge is 0.369 e. The minimum Gasteiger partial charge on any atom is -0.369 e. The van der Waals surface area contributed by atoms with E-state index < -0.39 is 17.8 Å². The summed E-state index contributed by atoms with van der Waals surface area (Å²) < 4.78 is 37.7. The average molecular weight is 289 g/mol. The number of alkyl halides is 3. The molecule has 1 aromatic heterocycles. The van der Waals surface area contributed by atoms with Crippen LogP contribution in [0, 0.1) is 0 Å². The van der Waals surface area contributed by atoms with E-state index in [1.165, 1.54) is 0 Å². The largest absolute Gasteiger partial charge is 0.433 e. The highest BCUT2D eigenvalue weighted by atomic mass is 19.4. The Hall–Kier alpha value is -1.79. The van der Waals surface area contributed by atoms with Crippen LogP contribution in [0.15, 0.2) is 12.1 Å². The highest BCUT2D eigenvalue weighted by molar-refractivity contribution is 5.97. The molecule has 0 aliphatic carbocycles. The van der Waals surface area contributed by atoms with Gasteiger partial charge in [-0.25, -0.2) is 4.98 Å². The van der Waals surface area contributed by atoms with E-state index in [9.17, 15) is 18.0 Å². The summed E-state index contributed by atoms with van der Waals surface area (Å²) in [7, 11) is 0. The Kier molecular flexibility index (Phi) is 5.79. The topological polar surface area (TPSA) is 68.0 Å². The number of hydrogen-bond acceptors (Lipinski definition) is 3. The summed E-state index contributed by atoms with van der Waals surface area (Å²) in [4.78, 5) is 14.6. The number of pyridine rings is 1. The van der Waals surface area contributed by atoms with Crippen LogP contribution in [0.1, 0.15) is 48.7 Å². The zero-order valence-electron chi connectivity index (χ0n) is 11.3. The van der Waals surface area contributed by atoms with Crippen LogP contribution in [0.3, 0.4) is 0 Å². The molecule has 0 saturated carbocycles. The van der Waals surface area contributed by atoms with E-state index in [4.69, 9.17) is 5.73 Å². The first kappa shape index (κ1) is 16.3. The molecule has 20 heavy (non-hydrogen) atoms. The molecule has 1 aromatic rings. The molecule has 0 aliphatic heterocycles. The normalized spacial score (nSPS) is 11.4. The summed E-state index contributed by atoms with van der Waals surface area (Å²) in [6.45, 7) is 2.52. The van der Waals surface area contributed by atoms with Gasteiger partial charge in [0.1, 0.15) is 11.5 Å². The lowest BCUT2D eigenvalue weighted by Gasteiger charge is -2.12. The quantitative estimate of drug-likeness (QED) is 0.757. The Morgan fingerprint density at radius 2 is 2.00 bits per heavy atom. The number of nitrogens with one attached hydrogen (secondary N) is 1. The standard InChI is InChI=1S/C13H18F3N3O/c1-2-3-4-5-8-18-12-9(11(17)20)6-7-10(19-12)13(14,15)16/h6-7H,2-5,8H2,1H3,(H2,17,20)(H,18,19). The SMILES string of the molecule is CCCCCCNc1nc(C(F)(F)F)ccc1C(N)=O. The average Bonchev–Trinajstić information content (AvgIpc) is 2.37. The van der Waals surface area contributed by atoms with Gasteiger partial charge < -0.3 is 11.1 Å². The van der Waals surface area contributed by atoms with Crippen LogP contribution >= 0.6 is 0 Å². The van der Waals surface area contributed by atoms with Gasteiger partial charge in [-0.2, -0.15) is 13.2 Å². The van der Waals surface area contributed by atoms with E-state index in [1.54, 1.807) is 0 Å². The van der Waals surface area contributed by atoms with Crippen LogP contribution in [0.5, 0.6) is 0 Å². The highest BCUT2D eigenvalue weighted by Gasteiger charge is 2.33. The third kappa shape index (κ3) is 4.71. The van der Waals surface area contributed by atoms with E-state index in [1.807, 2.05) is 0 Å². The van der Waals surface area contributed by atoms with Crippen LogP contribution in [0.2, 0.25) is 0 Å². The summed E-state index contributed by atoms with van der Waals surface area (Å²) >= 11 is 0. The van der Waals surface area contributed by atoms with E-state index in [0.29, 0.717) is 6.54 Å². The van der Waals surface area contributed by atoms with Gasteiger partial charge in [0.15, 0.2) is 0 Å². The van der Waals surface area contributed by atoms with Crippen molar-refractivity contribution in [3.05, 3.63) is 23.4 Å². The van der Waals surface area contributed by atoms with Gasteiger partial charge in [-0.3, -0.25) is 4.79 Å². The van der Waals surface area contributed by atoms with Crippen molar-refractivity contribution in [1.82, 2.24) is 4.98 Å². The molecule has 1 heterocycles. The van der Waals surface area contributed by atoms with Gasteiger partial charge in [-0.05, 0) is 18.6 Å². The van der Waals surface area contributed by atoms with Crippen molar-refractivity contribution in [2.45, 2.75) is 38.8 Å². The first-order valence-electron chi connectivity index (χ1n) is 6.48. The number of carbonyl (C=O) groups excluding carboxylic acids is 1. The Morgan fingerprint density at radius 3 is 2.55 bits per heavy atom. The van der Waals surface area contributed by atoms with Gasteiger partial charge in [-0.15, -0.1) is 0 Å². The minimum absolute atomic E-state index is 0.0338. The number of nitrogens with two attached hydrogens (primary N) is 1. The summed E-state index contributed by atoms with van der Waals surface area (Å²) in [5.41, 5.74) is 4.05. The van der Waals surface area contributed by atoms with Gasteiger partial charge in [0.05, 0.1) is 5.56 Å². The number of aromatic nitrogens is 1. The van der Waals surface area contributed by atoms with Crippen molar-refractivity contribution in [1.29, 1.82) is 0 Å². The summed E-state index contributed by atoms with van der Waals surface area (Å²) in [5, 5.41) is 2.75. The number of amides is 1. The second-order valence-electron chi connectivity index (χ2n) is 4.44. The Balaban J connectivity index is 2.81. The number of rotatable bonds is 7. The molecule has 0 unspecified atom stereocenters. The Labute approximate surface area is 115 Å². The predicted octanol–water partition coefficient (Wildman–Crippen LogP) is 3.19. The molecule has 0 bridgehead atoms. The van der Waals surface area contributed by atoms with E-state index in [2.05, 4.69) is 17.2 Å². The van der Waals surface area contributed by atoms with Gasteiger partial charge in [0.25, 0.3) is 5.91 Å². The molecule has 7 heteroatoms. The number of carbonyl (C=O) groups is 1. The monoisotopic (exact) mass is 289 g/mol. The second kappa shape index (κ2) is 7.12. The summed E-state index contributed by atoms with van der Waals surface area (Å²) in [5.74, 6) is -0.911. The lowest BCUT2D eigenvalue weighted by atomic mass is 10.2.